The molecule has 1 aliphatic rings. The zero-order valence-corrected chi connectivity index (χ0v) is 14.2. The average molecular weight is 328 g/mol. The van der Waals surface area contributed by atoms with E-state index in [0.717, 1.165) is 38.0 Å². The molecule has 0 unspecified atom stereocenters. The Kier molecular flexibility index (Phi) is 4.83. The van der Waals surface area contributed by atoms with Crippen molar-refractivity contribution in [2.24, 2.45) is 0 Å². The van der Waals surface area contributed by atoms with Gasteiger partial charge in [0.25, 0.3) is 0 Å². The third kappa shape index (κ3) is 4.21. The van der Waals surface area contributed by atoms with E-state index in [1.54, 1.807) is 6.07 Å². The fourth-order valence-electron chi connectivity index (χ4n) is 3.18. The average Bonchev–Trinajstić information content (AvgIpc) is 2.56. The van der Waals surface area contributed by atoms with Gasteiger partial charge in [-0.1, -0.05) is 36.4 Å². The molecule has 0 spiro atoms. The van der Waals surface area contributed by atoms with Gasteiger partial charge in [-0.3, -0.25) is 4.90 Å². The molecular formula is C19H22NO2S. The molecule has 23 heavy (non-hydrogen) atoms. The fraction of sp³-hybridized carbons (Fsp3) is 0.368. The number of hydrogen-bond donors (Lipinski definition) is 0. The molecule has 1 aliphatic heterocycles. The maximum Gasteiger partial charge on any atom is 0.175 e. The van der Waals surface area contributed by atoms with Crippen molar-refractivity contribution in [3.05, 3.63) is 65.7 Å². The lowest BCUT2D eigenvalue weighted by molar-refractivity contribution is 0.204. The minimum absolute atomic E-state index is 0.377. The normalized spacial score (nSPS) is 17.3. The largest absolute Gasteiger partial charge is 0.299 e. The maximum atomic E-state index is 11.7. The highest BCUT2D eigenvalue weighted by atomic mass is 32.2. The van der Waals surface area contributed by atoms with Crippen LogP contribution in [0, 0.1) is 6.07 Å². The van der Waals surface area contributed by atoms with Crippen LogP contribution in [0.4, 0.5) is 0 Å². The number of hydrogen-bond acceptors (Lipinski definition) is 3. The van der Waals surface area contributed by atoms with Gasteiger partial charge in [0.15, 0.2) is 9.84 Å². The maximum absolute atomic E-state index is 11.7. The molecule has 3 nitrogen and oxygen atoms in total. The van der Waals surface area contributed by atoms with Gasteiger partial charge >= 0.3 is 0 Å². The Morgan fingerprint density at radius 2 is 1.83 bits per heavy atom. The van der Waals surface area contributed by atoms with Crippen molar-refractivity contribution in [1.82, 2.24) is 4.90 Å². The number of nitrogens with zero attached hydrogens (tertiary/aromatic N) is 1. The third-order valence-electron chi connectivity index (χ3n) is 4.52. The molecule has 3 rings (SSSR count). The molecule has 0 atom stereocenters. The Labute approximate surface area is 138 Å². The second-order valence-electron chi connectivity index (χ2n) is 6.31. The summed E-state index contributed by atoms with van der Waals surface area (Å²) in [7, 11) is -3.16. The Balaban J connectivity index is 1.63. The van der Waals surface area contributed by atoms with Crippen molar-refractivity contribution in [2.75, 3.05) is 19.3 Å². The molecule has 121 valence electrons. The van der Waals surface area contributed by atoms with Crippen molar-refractivity contribution >= 4 is 9.84 Å². The lowest BCUT2D eigenvalue weighted by atomic mass is 9.89. The molecule has 2 aromatic carbocycles. The first kappa shape index (κ1) is 16.2. The van der Waals surface area contributed by atoms with Crippen molar-refractivity contribution < 1.29 is 8.42 Å². The van der Waals surface area contributed by atoms with E-state index in [2.05, 4.69) is 35.2 Å². The summed E-state index contributed by atoms with van der Waals surface area (Å²) in [5.41, 5.74) is 2.45. The first-order chi connectivity index (χ1) is 11.0. The van der Waals surface area contributed by atoms with Gasteiger partial charge in [-0.25, -0.2) is 8.42 Å². The summed E-state index contributed by atoms with van der Waals surface area (Å²) in [5, 5.41) is 0. The van der Waals surface area contributed by atoms with Gasteiger partial charge in [0, 0.05) is 12.8 Å². The van der Waals surface area contributed by atoms with Crippen LogP contribution in [0.2, 0.25) is 0 Å². The summed E-state index contributed by atoms with van der Waals surface area (Å²) in [5.74, 6) is 0.431. The summed E-state index contributed by atoms with van der Waals surface area (Å²) >= 11 is 0. The first-order valence-electron chi connectivity index (χ1n) is 8.00. The summed E-state index contributed by atoms with van der Waals surface area (Å²) in [4.78, 5) is 2.84. The minimum Gasteiger partial charge on any atom is -0.299 e. The van der Waals surface area contributed by atoms with Gasteiger partial charge < -0.3 is 0 Å². The van der Waals surface area contributed by atoms with E-state index in [4.69, 9.17) is 0 Å². The van der Waals surface area contributed by atoms with Gasteiger partial charge in [-0.2, -0.15) is 0 Å². The van der Waals surface area contributed by atoms with Crippen molar-refractivity contribution in [3.63, 3.8) is 0 Å². The molecular weight excluding hydrogens is 306 g/mol. The molecule has 0 bridgehead atoms. The molecule has 0 N–H and O–H groups in total. The van der Waals surface area contributed by atoms with Crippen LogP contribution >= 0.6 is 0 Å². The Bertz CT molecular complexity index is 748. The molecule has 1 radical (unpaired) electrons. The summed E-state index contributed by atoms with van der Waals surface area (Å²) in [6, 6.07) is 18.8. The summed E-state index contributed by atoms with van der Waals surface area (Å²) in [6.07, 6.45) is 3.38. The highest BCUT2D eigenvalue weighted by molar-refractivity contribution is 7.90. The van der Waals surface area contributed by atoms with E-state index in [0.29, 0.717) is 10.8 Å². The second-order valence-corrected chi connectivity index (χ2v) is 8.33. The Morgan fingerprint density at radius 1 is 1.13 bits per heavy atom. The second kappa shape index (κ2) is 6.85. The van der Waals surface area contributed by atoms with Crippen LogP contribution in [-0.4, -0.2) is 32.7 Å². The summed E-state index contributed by atoms with van der Waals surface area (Å²) < 4.78 is 23.4. The Morgan fingerprint density at radius 3 is 2.48 bits per heavy atom. The van der Waals surface area contributed by atoms with Crippen molar-refractivity contribution in [3.8, 4) is 0 Å². The van der Waals surface area contributed by atoms with Crippen LogP contribution in [0.15, 0.2) is 53.4 Å². The number of piperidine rings is 1. The number of benzene rings is 2. The van der Waals surface area contributed by atoms with Crippen molar-refractivity contribution in [1.29, 1.82) is 0 Å². The van der Waals surface area contributed by atoms with Crippen LogP contribution in [0.3, 0.4) is 0 Å². The predicted octanol–water partition coefficient (Wildman–Crippen LogP) is 3.27. The molecule has 2 aromatic rings. The molecule has 0 aliphatic carbocycles. The highest BCUT2D eigenvalue weighted by Gasteiger charge is 2.21. The monoisotopic (exact) mass is 328 g/mol. The molecule has 1 saturated heterocycles. The number of sulfone groups is 1. The minimum atomic E-state index is -3.16. The van der Waals surface area contributed by atoms with Gasteiger partial charge in [0.05, 0.1) is 4.90 Å². The van der Waals surface area contributed by atoms with Crippen LogP contribution < -0.4 is 0 Å². The van der Waals surface area contributed by atoms with Crippen LogP contribution in [0.1, 0.15) is 29.9 Å². The smallest absolute Gasteiger partial charge is 0.175 e. The zero-order chi connectivity index (χ0) is 16.3. The SMILES string of the molecule is CS(=O)(=O)c1c[c]cc(C2CCN(Cc3ccccc3)CC2)c1. The quantitative estimate of drug-likeness (QED) is 0.864. The van der Waals surface area contributed by atoms with Gasteiger partial charge in [0.2, 0.25) is 0 Å². The van der Waals surface area contributed by atoms with Crippen LogP contribution in [-0.2, 0) is 16.4 Å². The van der Waals surface area contributed by atoms with Gasteiger partial charge in [-0.05, 0) is 61.2 Å². The van der Waals surface area contributed by atoms with E-state index >= 15 is 0 Å². The van der Waals surface area contributed by atoms with Crippen LogP contribution in [0.5, 0.6) is 0 Å². The van der Waals surface area contributed by atoms with E-state index in [1.165, 1.54) is 11.8 Å². The van der Waals surface area contributed by atoms with E-state index in [9.17, 15) is 8.42 Å². The predicted molar refractivity (Wildman–Crippen MR) is 92.1 cm³/mol. The first-order valence-corrected chi connectivity index (χ1v) is 9.89. The van der Waals surface area contributed by atoms with E-state index in [1.807, 2.05) is 18.2 Å². The fourth-order valence-corrected chi connectivity index (χ4v) is 3.82. The summed E-state index contributed by atoms with van der Waals surface area (Å²) in [6.45, 7) is 3.08. The van der Waals surface area contributed by atoms with Gasteiger partial charge in [0.1, 0.15) is 0 Å². The van der Waals surface area contributed by atoms with E-state index < -0.39 is 9.84 Å². The molecule has 0 aromatic heterocycles. The highest BCUT2D eigenvalue weighted by Crippen LogP contribution is 2.29. The number of rotatable bonds is 4. The lowest BCUT2D eigenvalue weighted by Gasteiger charge is -2.32. The van der Waals surface area contributed by atoms with Crippen LogP contribution in [0.25, 0.3) is 0 Å². The standard InChI is InChI=1S/C19H22NO2S/c1-23(21,22)19-9-5-8-18(14-19)17-10-12-20(13-11-17)15-16-6-3-2-4-7-16/h2-4,6-9,14,17H,10-13,15H2,1H3. The van der Waals surface area contributed by atoms with Gasteiger partial charge in [-0.15, -0.1) is 0 Å². The number of likely N-dealkylation sites (tertiary alicyclic amines) is 1. The molecule has 0 saturated carbocycles. The topological polar surface area (TPSA) is 37.4 Å². The van der Waals surface area contributed by atoms with E-state index in [-0.39, 0.29) is 0 Å². The third-order valence-corrected chi connectivity index (χ3v) is 5.61. The molecule has 0 amide bonds. The molecule has 4 heteroatoms. The lowest BCUT2D eigenvalue weighted by Crippen LogP contribution is -2.32. The zero-order valence-electron chi connectivity index (χ0n) is 13.4. The van der Waals surface area contributed by atoms with Crippen molar-refractivity contribution in [2.45, 2.75) is 30.2 Å². The Hall–Kier alpha value is -1.65. The molecule has 1 fully saturated rings. The molecule has 1 heterocycles.